The quantitative estimate of drug-likeness (QED) is 0.690. The molecule has 1 rings (SSSR count). The van der Waals surface area contributed by atoms with Crippen molar-refractivity contribution in [2.75, 3.05) is 12.9 Å². The molecule has 1 aliphatic rings. The Bertz CT molecular complexity index is 320. The first-order valence-electron chi connectivity index (χ1n) is 4.03. The summed E-state index contributed by atoms with van der Waals surface area (Å²) >= 11 is 1.40. The maximum absolute atomic E-state index is 11.1. The Morgan fingerprint density at radius 3 is 2.64 bits per heavy atom. The molecule has 1 heterocycles. The van der Waals surface area contributed by atoms with Crippen molar-refractivity contribution in [3.05, 3.63) is 22.8 Å². The van der Waals surface area contributed by atoms with E-state index in [1.165, 1.54) is 25.8 Å². The minimum absolute atomic E-state index is 0.112. The van der Waals surface area contributed by atoms with Crippen molar-refractivity contribution in [3.8, 4) is 0 Å². The summed E-state index contributed by atoms with van der Waals surface area (Å²) in [5.74, 6) is 0.0907. The lowest BCUT2D eigenvalue weighted by Gasteiger charge is -2.12. The minimum atomic E-state index is -0.323. The van der Waals surface area contributed by atoms with Crippen molar-refractivity contribution in [1.82, 2.24) is 5.32 Å². The molecule has 0 fully saturated rings. The number of carbonyl (C=O) groups is 2. The predicted octanol–water partition coefficient (Wildman–Crippen LogP) is 0.810. The predicted molar refractivity (Wildman–Crippen MR) is 54.5 cm³/mol. The van der Waals surface area contributed by atoms with Crippen LogP contribution in [0.1, 0.15) is 6.92 Å². The second kappa shape index (κ2) is 4.85. The van der Waals surface area contributed by atoms with Gasteiger partial charge in [0, 0.05) is 18.2 Å². The first-order valence-corrected chi connectivity index (χ1v) is 5.01. The topological polar surface area (TPSA) is 55.4 Å². The van der Waals surface area contributed by atoms with Gasteiger partial charge in [-0.05, 0) is 12.2 Å². The fraction of sp³-hybridized carbons (Fsp3) is 0.333. The fourth-order valence-corrected chi connectivity index (χ4v) is 1.84. The van der Waals surface area contributed by atoms with E-state index in [2.05, 4.69) is 10.1 Å². The molecule has 0 aromatic heterocycles. The monoisotopic (exact) mass is 213 g/mol. The summed E-state index contributed by atoms with van der Waals surface area (Å²) in [7, 11) is 1.35. The van der Waals surface area contributed by atoms with Gasteiger partial charge in [0.05, 0.1) is 12.1 Å². The maximum Gasteiger partial charge on any atom is 0.334 e. The van der Waals surface area contributed by atoms with Gasteiger partial charge in [0.15, 0.2) is 0 Å². The third kappa shape index (κ3) is 2.92. The molecule has 0 saturated carbocycles. The molecule has 1 amide bonds. The number of rotatable bonds is 2. The van der Waals surface area contributed by atoms with Gasteiger partial charge in [-0.3, -0.25) is 4.79 Å². The Hall–Kier alpha value is -1.23. The van der Waals surface area contributed by atoms with Crippen LogP contribution in [0, 0.1) is 0 Å². The van der Waals surface area contributed by atoms with Gasteiger partial charge in [-0.15, -0.1) is 11.8 Å². The Morgan fingerprint density at radius 2 is 2.21 bits per heavy atom. The van der Waals surface area contributed by atoms with Gasteiger partial charge in [0.25, 0.3) is 0 Å². The lowest BCUT2D eigenvalue weighted by molar-refractivity contribution is -0.136. The van der Waals surface area contributed by atoms with E-state index in [0.717, 1.165) is 5.03 Å². The zero-order chi connectivity index (χ0) is 10.6. The van der Waals surface area contributed by atoms with Crippen molar-refractivity contribution < 1.29 is 14.3 Å². The average Bonchev–Trinajstić information content (AvgIpc) is 2.17. The number of methoxy groups -OCH3 is 1. The highest BCUT2D eigenvalue weighted by Crippen LogP contribution is 2.22. The van der Waals surface area contributed by atoms with Crippen LogP contribution in [-0.2, 0) is 14.3 Å². The molecule has 0 atom stereocenters. The van der Waals surface area contributed by atoms with Crippen molar-refractivity contribution in [2.24, 2.45) is 0 Å². The van der Waals surface area contributed by atoms with Crippen LogP contribution >= 0.6 is 11.8 Å². The molecule has 0 saturated heterocycles. The lowest BCUT2D eigenvalue weighted by Crippen LogP contribution is -2.19. The van der Waals surface area contributed by atoms with E-state index in [0.29, 0.717) is 11.3 Å². The number of nitrogens with one attached hydrogen (secondary N) is 1. The SMILES string of the molecule is COC(=O)C1=CC=C(NC(C)=O)SC1. The number of hydrogen-bond acceptors (Lipinski definition) is 4. The molecule has 76 valence electrons. The van der Waals surface area contributed by atoms with Crippen LogP contribution in [0.2, 0.25) is 0 Å². The van der Waals surface area contributed by atoms with Crippen LogP contribution in [0.3, 0.4) is 0 Å². The summed E-state index contributed by atoms with van der Waals surface area (Å²) < 4.78 is 4.57. The third-order valence-electron chi connectivity index (χ3n) is 1.57. The zero-order valence-corrected chi connectivity index (χ0v) is 8.81. The molecule has 1 N–H and O–H groups in total. The summed E-state index contributed by atoms with van der Waals surface area (Å²) in [6.45, 7) is 1.45. The maximum atomic E-state index is 11.1. The molecule has 0 bridgehead atoms. The fourth-order valence-electron chi connectivity index (χ4n) is 0.937. The summed E-state index contributed by atoms with van der Waals surface area (Å²) in [5.41, 5.74) is 0.603. The summed E-state index contributed by atoms with van der Waals surface area (Å²) in [4.78, 5) is 21.8. The van der Waals surface area contributed by atoms with Gasteiger partial charge in [-0.25, -0.2) is 4.79 Å². The second-order valence-corrected chi connectivity index (χ2v) is 3.70. The highest BCUT2D eigenvalue weighted by molar-refractivity contribution is 8.03. The van der Waals surface area contributed by atoms with Crippen LogP contribution in [0.5, 0.6) is 0 Å². The lowest BCUT2D eigenvalue weighted by atomic mass is 10.3. The van der Waals surface area contributed by atoms with Crippen molar-refractivity contribution in [3.63, 3.8) is 0 Å². The second-order valence-electron chi connectivity index (χ2n) is 2.68. The number of amides is 1. The van der Waals surface area contributed by atoms with E-state index in [9.17, 15) is 9.59 Å². The molecule has 4 nitrogen and oxygen atoms in total. The van der Waals surface area contributed by atoms with E-state index in [1.807, 2.05) is 0 Å². The van der Waals surface area contributed by atoms with Gasteiger partial charge in [-0.1, -0.05) is 0 Å². The molecule has 0 aromatic rings. The molecular formula is C9H11NO3S. The van der Waals surface area contributed by atoms with Gasteiger partial charge in [0.2, 0.25) is 5.91 Å². The average molecular weight is 213 g/mol. The molecule has 14 heavy (non-hydrogen) atoms. The molecule has 1 aliphatic heterocycles. The molecule has 0 unspecified atom stereocenters. The van der Waals surface area contributed by atoms with E-state index in [-0.39, 0.29) is 11.9 Å². The molecule has 0 aromatic carbocycles. The standard InChI is InChI=1S/C9H11NO3S/c1-6(11)10-8-4-3-7(5-14-8)9(12)13-2/h3-4H,5H2,1-2H3,(H,10,11). The number of carbonyl (C=O) groups excluding carboxylic acids is 2. The van der Waals surface area contributed by atoms with Crippen LogP contribution in [0.4, 0.5) is 0 Å². The Kier molecular flexibility index (Phi) is 3.76. The van der Waals surface area contributed by atoms with Gasteiger partial charge >= 0.3 is 5.97 Å². The Morgan fingerprint density at radius 1 is 1.50 bits per heavy atom. The van der Waals surface area contributed by atoms with Gasteiger partial charge in [0.1, 0.15) is 0 Å². The smallest absolute Gasteiger partial charge is 0.334 e. The number of ether oxygens (including phenoxy) is 1. The Labute approximate surface area is 86.4 Å². The first-order chi connectivity index (χ1) is 6.63. The van der Waals surface area contributed by atoms with Crippen LogP contribution in [0.25, 0.3) is 0 Å². The van der Waals surface area contributed by atoms with Gasteiger partial charge in [-0.2, -0.15) is 0 Å². The number of allylic oxidation sites excluding steroid dienone is 2. The molecule has 0 radical (unpaired) electrons. The third-order valence-corrected chi connectivity index (χ3v) is 2.57. The largest absolute Gasteiger partial charge is 0.466 e. The molecular weight excluding hydrogens is 202 g/mol. The summed E-state index contributed by atoms with van der Waals surface area (Å²) in [6, 6.07) is 0. The van der Waals surface area contributed by atoms with E-state index < -0.39 is 0 Å². The van der Waals surface area contributed by atoms with Crippen molar-refractivity contribution in [2.45, 2.75) is 6.92 Å². The molecule has 5 heteroatoms. The van der Waals surface area contributed by atoms with Crippen LogP contribution < -0.4 is 5.32 Å². The minimum Gasteiger partial charge on any atom is -0.466 e. The first kappa shape index (κ1) is 10.8. The van der Waals surface area contributed by atoms with E-state index >= 15 is 0 Å². The van der Waals surface area contributed by atoms with Crippen LogP contribution in [0.15, 0.2) is 22.8 Å². The van der Waals surface area contributed by atoms with Crippen molar-refractivity contribution in [1.29, 1.82) is 0 Å². The number of esters is 1. The van der Waals surface area contributed by atoms with Gasteiger partial charge < -0.3 is 10.1 Å². The molecule has 0 spiro atoms. The zero-order valence-electron chi connectivity index (χ0n) is 7.99. The van der Waals surface area contributed by atoms with Crippen molar-refractivity contribution >= 4 is 23.6 Å². The summed E-state index contributed by atoms with van der Waals surface area (Å²) in [5, 5.41) is 3.40. The number of thioether (sulfide) groups is 1. The van der Waals surface area contributed by atoms with E-state index in [4.69, 9.17) is 0 Å². The highest BCUT2D eigenvalue weighted by Gasteiger charge is 2.14. The summed E-state index contributed by atoms with van der Waals surface area (Å²) in [6.07, 6.45) is 3.36. The van der Waals surface area contributed by atoms with Crippen LogP contribution in [-0.4, -0.2) is 24.7 Å². The molecule has 0 aliphatic carbocycles. The van der Waals surface area contributed by atoms with E-state index in [1.54, 1.807) is 12.2 Å². The number of hydrogen-bond donors (Lipinski definition) is 1. The highest BCUT2D eigenvalue weighted by atomic mass is 32.2. The normalized spacial score (nSPS) is 15.3. The Balaban J connectivity index is 2.64.